The van der Waals surface area contributed by atoms with E-state index in [1.165, 1.54) is 25.7 Å². The summed E-state index contributed by atoms with van der Waals surface area (Å²) in [4.78, 5) is 0. The quantitative estimate of drug-likeness (QED) is 0.550. The van der Waals surface area contributed by atoms with Gasteiger partial charge in [0.25, 0.3) is 0 Å². The maximum absolute atomic E-state index is 5.86. The van der Waals surface area contributed by atoms with Crippen LogP contribution in [0.5, 0.6) is 0 Å². The molecule has 0 spiro atoms. The molecule has 2 heteroatoms. The summed E-state index contributed by atoms with van der Waals surface area (Å²) >= 11 is 0. The Labute approximate surface area is 92.9 Å². The van der Waals surface area contributed by atoms with E-state index in [1.807, 2.05) is 24.3 Å². The molecule has 0 heterocycles. The number of nitrogens with one attached hydrogen (secondary N) is 1. The minimum Gasteiger partial charge on any atom is -0.397 e. The summed E-state index contributed by atoms with van der Waals surface area (Å²) in [5, 5.41) is 3.44. The monoisotopic (exact) mass is 206 g/mol. The van der Waals surface area contributed by atoms with Crippen LogP contribution in [-0.4, -0.2) is 6.04 Å². The van der Waals surface area contributed by atoms with Gasteiger partial charge in [0.1, 0.15) is 0 Å². The van der Waals surface area contributed by atoms with Crippen molar-refractivity contribution in [2.75, 3.05) is 11.1 Å². The van der Waals surface area contributed by atoms with Gasteiger partial charge < -0.3 is 11.1 Å². The van der Waals surface area contributed by atoms with Crippen LogP contribution in [0, 0.1) is 0 Å². The Morgan fingerprint density at radius 1 is 1.27 bits per heavy atom. The van der Waals surface area contributed by atoms with Crippen LogP contribution in [0.15, 0.2) is 24.3 Å². The minimum atomic E-state index is 0.501. The molecule has 1 aromatic carbocycles. The topological polar surface area (TPSA) is 38.0 Å². The van der Waals surface area contributed by atoms with E-state index in [0.717, 1.165) is 11.4 Å². The molecule has 1 unspecified atom stereocenters. The van der Waals surface area contributed by atoms with Crippen LogP contribution >= 0.6 is 0 Å². The van der Waals surface area contributed by atoms with E-state index in [-0.39, 0.29) is 0 Å². The summed E-state index contributed by atoms with van der Waals surface area (Å²) in [7, 11) is 0. The second-order valence-electron chi connectivity index (χ2n) is 4.13. The molecule has 0 aliphatic carbocycles. The van der Waals surface area contributed by atoms with Crippen molar-refractivity contribution in [3.8, 4) is 0 Å². The molecule has 0 amide bonds. The molecule has 0 aromatic heterocycles. The van der Waals surface area contributed by atoms with Gasteiger partial charge in [-0.2, -0.15) is 0 Å². The largest absolute Gasteiger partial charge is 0.397 e. The van der Waals surface area contributed by atoms with Crippen LogP contribution in [-0.2, 0) is 0 Å². The van der Waals surface area contributed by atoms with Gasteiger partial charge in [0, 0.05) is 6.04 Å². The number of unbranched alkanes of at least 4 members (excludes halogenated alkanes) is 2. The molecular weight excluding hydrogens is 184 g/mol. The predicted octanol–water partition coefficient (Wildman–Crippen LogP) is 3.65. The third-order valence-electron chi connectivity index (χ3n) is 2.60. The highest BCUT2D eigenvalue weighted by molar-refractivity contribution is 5.65. The highest BCUT2D eigenvalue weighted by Gasteiger charge is 2.03. The van der Waals surface area contributed by atoms with Gasteiger partial charge in [0.2, 0.25) is 0 Å². The molecule has 0 saturated carbocycles. The Morgan fingerprint density at radius 2 is 2.00 bits per heavy atom. The number of benzene rings is 1. The average Bonchev–Trinajstić information content (AvgIpc) is 2.22. The average molecular weight is 206 g/mol. The van der Waals surface area contributed by atoms with Crippen molar-refractivity contribution in [1.82, 2.24) is 0 Å². The third-order valence-corrected chi connectivity index (χ3v) is 2.60. The minimum absolute atomic E-state index is 0.501. The fourth-order valence-corrected chi connectivity index (χ4v) is 1.67. The Morgan fingerprint density at radius 3 is 2.67 bits per heavy atom. The van der Waals surface area contributed by atoms with Gasteiger partial charge in [-0.3, -0.25) is 0 Å². The van der Waals surface area contributed by atoms with Gasteiger partial charge in [0.15, 0.2) is 0 Å². The van der Waals surface area contributed by atoms with Crippen molar-refractivity contribution in [3.05, 3.63) is 24.3 Å². The van der Waals surface area contributed by atoms with Crippen LogP contribution in [0.3, 0.4) is 0 Å². The summed E-state index contributed by atoms with van der Waals surface area (Å²) in [5.74, 6) is 0. The first-order valence-corrected chi connectivity index (χ1v) is 5.85. The Kier molecular flexibility index (Phi) is 5.02. The summed E-state index contributed by atoms with van der Waals surface area (Å²) in [6.07, 6.45) is 5.09. The van der Waals surface area contributed by atoms with Gasteiger partial charge in [0.05, 0.1) is 11.4 Å². The van der Waals surface area contributed by atoms with Crippen LogP contribution in [0.1, 0.15) is 39.5 Å². The third kappa shape index (κ3) is 4.24. The van der Waals surface area contributed by atoms with E-state index in [2.05, 4.69) is 19.2 Å². The predicted molar refractivity (Wildman–Crippen MR) is 68.1 cm³/mol. The summed E-state index contributed by atoms with van der Waals surface area (Å²) < 4.78 is 0. The molecule has 0 fully saturated rings. The first-order chi connectivity index (χ1) is 7.24. The number of hydrogen-bond donors (Lipinski definition) is 2. The lowest BCUT2D eigenvalue weighted by atomic mass is 10.1. The number of rotatable bonds is 6. The smallest absolute Gasteiger partial charge is 0.0575 e. The molecular formula is C13H22N2. The van der Waals surface area contributed by atoms with Gasteiger partial charge in [-0.15, -0.1) is 0 Å². The van der Waals surface area contributed by atoms with Crippen molar-refractivity contribution >= 4 is 11.4 Å². The fourth-order valence-electron chi connectivity index (χ4n) is 1.67. The van der Waals surface area contributed by atoms with E-state index in [1.54, 1.807) is 0 Å². The molecule has 2 nitrogen and oxygen atoms in total. The number of nitrogen functional groups attached to an aromatic ring is 1. The van der Waals surface area contributed by atoms with Gasteiger partial charge in [-0.05, 0) is 25.5 Å². The molecule has 0 saturated heterocycles. The molecule has 1 rings (SSSR count). The van der Waals surface area contributed by atoms with Crippen LogP contribution < -0.4 is 11.1 Å². The lowest BCUT2D eigenvalue weighted by Gasteiger charge is -2.16. The first kappa shape index (κ1) is 11.9. The summed E-state index contributed by atoms with van der Waals surface area (Å²) in [6.45, 7) is 4.44. The Balaban J connectivity index is 2.37. The molecule has 3 N–H and O–H groups in total. The maximum Gasteiger partial charge on any atom is 0.0575 e. The van der Waals surface area contributed by atoms with Crippen LogP contribution in [0.4, 0.5) is 11.4 Å². The zero-order valence-corrected chi connectivity index (χ0v) is 9.79. The molecule has 1 atom stereocenters. The maximum atomic E-state index is 5.86. The standard InChI is InChI=1S/C13H22N2/c1-3-4-5-8-11(2)15-13-10-7-6-9-12(13)14/h6-7,9-11,15H,3-5,8,14H2,1-2H3. The van der Waals surface area contributed by atoms with Crippen LogP contribution in [0.2, 0.25) is 0 Å². The fraction of sp³-hybridized carbons (Fsp3) is 0.538. The molecule has 1 aromatic rings. The lowest BCUT2D eigenvalue weighted by Crippen LogP contribution is -2.15. The highest BCUT2D eigenvalue weighted by Crippen LogP contribution is 2.19. The van der Waals surface area contributed by atoms with Crippen molar-refractivity contribution in [2.24, 2.45) is 0 Å². The number of anilines is 2. The SMILES string of the molecule is CCCCCC(C)Nc1ccccc1N. The van der Waals surface area contributed by atoms with Gasteiger partial charge >= 0.3 is 0 Å². The normalized spacial score (nSPS) is 12.4. The Hall–Kier alpha value is -1.18. The number of para-hydroxylation sites is 2. The zero-order chi connectivity index (χ0) is 11.1. The van der Waals surface area contributed by atoms with E-state index >= 15 is 0 Å². The van der Waals surface area contributed by atoms with Gasteiger partial charge in [-0.1, -0.05) is 38.3 Å². The molecule has 0 bridgehead atoms. The summed E-state index contributed by atoms with van der Waals surface area (Å²) in [6, 6.07) is 8.44. The first-order valence-electron chi connectivity index (χ1n) is 5.85. The molecule has 0 aliphatic rings. The van der Waals surface area contributed by atoms with Crippen molar-refractivity contribution in [3.63, 3.8) is 0 Å². The molecule has 15 heavy (non-hydrogen) atoms. The second kappa shape index (κ2) is 6.33. The van der Waals surface area contributed by atoms with Crippen molar-refractivity contribution < 1.29 is 0 Å². The van der Waals surface area contributed by atoms with Crippen molar-refractivity contribution in [2.45, 2.75) is 45.6 Å². The zero-order valence-electron chi connectivity index (χ0n) is 9.79. The van der Waals surface area contributed by atoms with E-state index in [0.29, 0.717) is 6.04 Å². The van der Waals surface area contributed by atoms with E-state index < -0.39 is 0 Å². The summed E-state index contributed by atoms with van der Waals surface area (Å²) in [5.41, 5.74) is 7.75. The van der Waals surface area contributed by atoms with Gasteiger partial charge in [-0.25, -0.2) is 0 Å². The highest BCUT2D eigenvalue weighted by atomic mass is 14.9. The molecule has 0 radical (unpaired) electrons. The Bertz CT molecular complexity index is 284. The molecule has 0 aliphatic heterocycles. The lowest BCUT2D eigenvalue weighted by molar-refractivity contribution is 0.615. The number of hydrogen-bond acceptors (Lipinski definition) is 2. The molecule has 84 valence electrons. The van der Waals surface area contributed by atoms with Crippen molar-refractivity contribution in [1.29, 1.82) is 0 Å². The van der Waals surface area contributed by atoms with E-state index in [9.17, 15) is 0 Å². The number of nitrogens with two attached hydrogens (primary N) is 1. The van der Waals surface area contributed by atoms with E-state index in [4.69, 9.17) is 5.73 Å². The second-order valence-corrected chi connectivity index (χ2v) is 4.13. The van der Waals surface area contributed by atoms with Crippen LogP contribution in [0.25, 0.3) is 0 Å².